The van der Waals surface area contributed by atoms with Crippen LogP contribution in [0.25, 0.3) is 10.8 Å². The van der Waals surface area contributed by atoms with Crippen molar-refractivity contribution in [3.05, 3.63) is 70.4 Å². The molecule has 0 unspecified atom stereocenters. The van der Waals surface area contributed by atoms with Gasteiger partial charge in [0.2, 0.25) is 5.91 Å². The number of benzene rings is 2. The van der Waals surface area contributed by atoms with E-state index in [-0.39, 0.29) is 11.8 Å². The monoisotopic (exact) mass is 452 g/mol. The zero-order valence-electron chi connectivity index (χ0n) is 19.4. The van der Waals surface area contributed by atoms with E-state index in [0.29, 0.717) is 12.8 Å². The molecule has 0 saturated heterocycles. The second-order valence-electron chi connectivity index (χ2n) is 8.14. The lowest BCUT2D eigenvalue weighted by Gasteiger charge is -2.35. The summed E-state index contributed by atoms with van der Waals surface area (Å²) in [7, 11) is 8.89. The molecule has 2 aromatic carbocycles. The van der Waals surface area contributed by atoms with E-state index >= 15 is 0 Å². The summed E-state index contributed by atoms with van der Waals surface area (Å²) < 4.78 is 0. The average Bonchev–Trinajstić information content (AvgIpc) is 3.32. The first-order valence-corrected chi connectivity index (χ1v) is 11.6. The number of fused-ring (bicyclic) bond motifs is 1. The molecule has 170 valence electrons. The van der Waals surface area contributed by atoms with Crippen molar-refractivity contribution in [2.45, 2.75) is 24.9 Å². The van der Waals surface area contributed by atoms with Gasteiger partial charge in [0.1, 0.15) is 6.04 Å². The minimum atomic E-state index is -0.586. The number of nitrogens with one attached hydrogen (secondary N) is 1. The van der Waals surface area contributed by atoms with Gasteiger partial charge in [0.05, 0.1) is 6.04 Å². The zero-order chi connectivity index (χ0) is 23.3. The highest BCUT2D eigenvalue weighted by molar-refractivity contribution is 7.09. The van der Waals surface area contributed by atoms with Crippen molar-refractivity contribution in [1.82, 2.24) is 20.2 Å². The van der Waals surface area contributed by atoms with E-state index < -0.39 is 12.1 Å². The van der Waals surface area contributed by atoms with Crippen LogP contribution in [0.4, 0.5) is 0 Å². The van der Waals surface area contributed by atoms with Crippen LogP contribution in [0.1, 0.15) is 10.4 Å². The number of thiophene rings is 1. The Morgan fingerprint density at radius 1 is 0.906 bits per heavy atom. The highest BCUT2D eigenvalue weighted by atomic mass is 32.1. The summed E-state index contributed by atoms with van der Waals surface area (Å²) in [6.45, 7) is 0. The molecule has 0 spiro atoms. The molecule has 32 heavy (non-hydrogen) atoms. The molecule has 7 heteroatoms. The van der Waals surface area contributed by atoms with E-state index in [0.717, 1.165) is 21.2 Å². The van der Waals surface area contributed by atoms with E-state index in [1.54, 1.807) is 47.4 Å². The summed E-state index contributed by atoms with van der Waals surface area (Å²) in [5.74, 6) is -0.207. The number of hydrogen-bond donors (Lipinski definition) is 1. The molecule has 1 heterocycles. The minimum Gasteiger partial charge on any atom is -0.332 e. The average molecular weight is 453 g/mol. The van der Waals surface area contributed by atoms with Gasteiger partial charge in [0.15, 0.2) is 0 Å². The number of rotatable bonds is 9. The van der Waals surface area contributed by atoms with Gasteiger partial charge in [-0.3, -0.25) is 14.6 Å². The van der Waals surface area contributed by atoms with Gasteiger partial charge in [-0.2, -0.15) is 0 Å². The van der Waals surface area contributed by atoms with E-state index in [2.05, 4.69) is 29.6 Å². The van der Waals surface area contributed by atoms with Gasteiger partial charge in [0.25, 0.3) is 5.91 Å². The molecule has 0 aliphatic carbocycles. The lowest BCUT2D eigenvalue weighted by atomic mass is 9.97. The Labute approximate surface area is 194 Å². The molecule has 0 fully saturated rings. The number of nitrogens with zero attached hydrogens (tertiary/aromatic N) is 3. The number of carbonyl (C=O) groups excluding carboxylic acids is 2. The summed E-state index contributed by atoms with van der Waals surface area (Å²) in [5.41, 5.74) is 1.11. The molecule has 3 aromatic rings. The van der Waals surface area contributed by atoms with Crippen LogP contribution in [0, 0.1) is 0 Å². The van der Waals surface area contributed by atoms with Crippen LogP contribution in [0.15, 0.2) is 60.0 Å². The predicted molar refractivity (Wildman–Crippen MR) is 132 cm³/mol. The van der Waals surface area contributed by atoms with E-state index in [1.807, 2.05) is 49.8 Å². The maximum absolute atomic E-state index is 13.6. The van der Waals surface area contributed by atoms with Crippen LogP contribution in [0.2, 0.25) is 0 Å². The summed E-state index contributed by atoms with van der Waals surface area (Å²) >= 11 is 1.60. The van der Waals surface area contributed by atoms with Crippen LogP contribution in [-0.2, 0) is 22.4 Å². The molecule has 3 rings (SSSR count). The van der Waals surface area contributed by atoms with Crippen LogP contribution in [0.5, 0.6) is 0 Å². The van der Waals surface area contributed by atoms with E-state index in [1.165, 1.54) is 0 Å². The molecule has 0 saturated carbocycles. The van der Waals surface area contributed by atoms with Crippen LogP contribution < -0.4 is 5.32 Å². The van der Waals surface area contributed by atoms with Crippen molar-refractivity contribution in [3.63, 3.8) is 0 Å². The molecule has 0 bridgehead atoms. The van der Waals surface area contributed by atoms with E-state index in [9.17, 15) is 9.59 Å². The molecule has 1 N–H and O–H groups in total. The summed E-state index contributed by atoms with van der Waals surface area (Å²) in [6, 6.07) is 17.3. The number of likely N-dealkylation sites (N-methyl/N-ethyl adjacent to an activating group) is 3. The largest absolute Gasteiger partial charge is 0.332 e. The van der Waals surface area contributed by atoms with Crippen molar-refractivity contribution < 1.29 is 9.59 Å². The Balaban J connectivity index is 1.85. The Morgan fingerprint density at radius 3 is 2.28 bits per heavy atom. The highest BCUT2D eigenvalue weighted by Gasteiger charge is 2.33. The SMILES string of the molecule is CN[C@H](Cc1cccc2ccccc12)C(=O)N(C)[C@H](Cc1cccs1)C(=O)N(C)N(C)C. The zero-order valence-corrected chi connectivity index (χ0v) is 20.2. The van der Waals surface area contributed by atoms with Gasteiger partial charge in [-0.15, -0.1) is 11.3 Å². The molecular formula is C25H32N4O2S. The van der Waals surface area contributed by atoms with Gasteiger partial charge in [-0.1, -0.05) is 48.5 Å². The standard InChI is InChI=1S/C25H32N4O2S/c1-26-22(16-19-12-8-11-18-10-6-7-14-21(18)19)24(30)28(4)23(17-20-13-9-15-32-20)25(31)29(5)27(2)3/h6-15,22-23,26H,16-17H2,1-5H3/t22-,23-/m1/s1. The molecular weight excluding hydrogens is 420 g/mol. The first-order valence-electron chi connectivity index (χ1n) is 10.7. The molecule has 2 amide bonds. The Bertz CT molecular complexity index is 1050. The van der Waals surface area contributed by atoms with E-state index in [4.69, 9.17) is 0 Å². The van der Waals surface area contributed by atoms with Crippen LogP contribution in [0.3, 0.4) is 0 Å². The third-order valence-electron chi connectivity index (χ3n) is 5.94. The smallest absolute Gasteiger partial charge is 0.259 e. The van der Waals surface area contributed by atoms with Gasteiger partial charge < -0.3 is 10.2 Å². The molecule has 2 atom stereocenters. The second kappa shape index (κ2) is 10.7. The molecule has 0 aliphatic heterocycles. The lowest BCUT2D eigenvalue weighted by molar-refractivity contribution is -0.152. The third kappa shape index (κ3) is 5.35. The number of hydrazine groups is 1. The van der Waals surface area contributed by atoms with Crippen molar-refractivity contribution in [2.75, 3.05) is 35.2 Å². The van der Waals surface area contributed by atoms with Crippen molar-refractivity contribution in [2.24, 2.45) is 0 Å². The Hall–Kier alpha value is -2.74. The Morgan fingerprint density at radius 2 is 1.62 bits per heavy atom. The van der Waals surface area contributed by atoms with Crippen LogP contribution >= 0.6 is 11.3 Å². The fraction of sp³-hybridized carbons (Fsp3) is 0.360. The number of carbonyl (C=O) groups is 2. The topological polar surface area (TPSA) is 55.9 Å². The molecule has 0 radical (unpaired) electrons. The maximum Gasteiger partial charge on any atom is 0.259 e. The van der Waals surface area contributed by atoms with Gasteiger partial charge in [-0.25, -0.2) is 5.01 Å². The fourth-order valence-electron chi connectivity index (χ4n) is 3.82. The summed E-state index contributed by atoms with van der Waals surface area (Å²) in [4.78, 5) is 29.5. The van der Waals surface area contributed by atoms with Gasteiger partial charge in [-0.05, 0) is 41.3 Å². The molecule has 0 aliphatic rings. The Kier molecular flexibility index (Phi) is 8.01. The normalized spacial score (nSPS) is 13.2. The molecule has 1 aromatic heterocycles. The van der Waals surface area contributed by atoms with Crippen molar-refractivity contribution in [3.8, 4) is 0 Å². The maximum atomic E-state index is 13.6. The first kappa shape index (κ1) is 23.9. The summed E-state index contributed by atoms with van der Waals surface area (Å²) in [6.07, 6.45) is 1.03. The third-order valence-corrected chi connectivity index (χ3v) is 6.84. The number of amides is 2. The minimum absolute atomic E-state index is 0.0949. The van der Waals surface area contributed by atoms with Gasteiger partial charge >= 0.3 is 0 Å². The predicted octanol–water partition coefficient (Wildman–Crippen LogP) is 3.04. The van der Waals surface area contributed by atoms with Crippen molar-refractivity contribution in [1.29, 1.82) is 0 Å². The fourth-order valence-corrected chi connectivity index (χ4v) is 4.57. The second-order valence-corrected chi connectivity index (χ2v) is 9.17. The quantitative estimate of drug-likeness (QED) is 0.507. The molecule has 6 nitrogen and oxygen atoms in total. The summed E-state index contributed by atoms with van der Waals surface area (Å²) in [5, 5.41) is 10.7. The number of hydrogen-bond acceptors (Lipinski definition) is 5. The van der Waals surface area contributed by atoms with Crippen molar-refractivity contribution >= 4 is 33.9 Å². The van der Waals surface area contributed by atoms with Gasteiger partial charge in [0, 0.05) is 39.5 Å². The first-order chi connectivity index (χ1) is 15.3. The van der Waals surface area contributed by atoms with Crippen LogP contribution in [-0.4, -0.2) is 74.1 Å². The lowest BCUT2D eigenvalue weighted by Crippen LogP contribution is -2.56. The highest BCUT2D eigenvalue weighted by Crippen LogP contribution is 2.21.